The van der Waals surface area contributed by atoms with Crippen LogP contribution in [0.25, 0.3) is 0 Å². The Morgan fingerprint density at radius 3 is 2.70 bits per heavy atom. The van der Waals surface area contributed by atoms with E-state index in [1.807, 2.05) is 6.92 Å². The highest BCUT2D eigenvalue weighted by Crippen LogP contribution is 2.31. The van der Waals surface area contributed by atoms with E-state index in [0.717, 1.165) is 24.4 Å². The number of amides is 2. The number of rotatable bonds is 10. The maximum Gasteiger partial charge on any atom is 0.258 e. The summed E-state index contributed by atoms with van der Waals surface area (Å²) < 4.78 is 39.3. The summed E-state index contributed by atoms with van der Waals surface area (Å²) in [6.07, 6.45) is -0.270. The average molecular weight is 595 g/mol. The molecule has 3 heterocycles. The van der Waals surface area contributed by atoms with E-state index in [4.69, 9.17) is 9.47 Å². The van der Waals surface area contributed by atoms with Gasteiger partial charge >= 0.3 is 0 Å². The number of aliphatic hydroxyl groups is 1. The summed E-state index contributed by atoms with van der Waals surface area (Å²) in [7, 11) is -2.19. The summed E-state index contributed by atoms with van der Waals surface area (Å²) in [4.78, 5) is 30.1. The molecule has 0 spiro atoms. The van der Waals surface area contributed by atoms with Crippen LogP contribution in [-0.2, 0) is 19.6 Å². The van der Waals surface area contributed by atoms with Crippen LogP contribution in [0.2, 0.25) is 0 Å². The third-order valence-electron chi connectivity index (χ3n) is 7.30. The van der Waals surface area contributed by atoms with Gasteiger partial charge in [0.15, 0.2) is 0 Å². The van der Waals surface area contributed by atoms with Crippen LogP contribution >= 0.6 is 11.3 Å². The zero-order valence-corrected chi connectivity index (χ0v) is 24.7. The van der Waals surface area contributed by atoms with Crippen molar-refractivity contribution < 1.29 is 32.6 Å². The Morgan fingerprint density at radius 2 is 2.02 bits per heavy atom. The van der Waals surface area contributed by atoms with Gasteiger partial charge in [-0.15, -0.1) is 11.3 Å². The molecule has 2 aliphatic rings. The number of morpholine rings is 1. The Labute approximate surface area is 239 Å². The molecule has 2 aromatic rings. The van der Waals surface area contributed by atoms with E-state index in [9.17, 15) is 23.1 Å². The molecule has 1 saturated heterocycles. The Kier molecular flexibility index (Phi) is 10.2. The number of carbonyl (C=O) groups excluding carboxylic acids is 2. The highest BCUT2D eigenvalue weighted by molar-refractivity contribution is 7.91. The molecule has 0 saturated carbocycles. The van der Waals surface area contributed by atoms with Crippen LogP contribution in [0.5, 0.6) is 5.75 Å². The Morgan fingerprint density at radius 1 is 1.27 bits per heavy atom. The summed E-state index contributed by atoms with van der Waals surface area (Å²) in [5.74, 6) is -0.444. The minimum Gasteiger partial charge on any atom is -0.488 e. The van der Waals surface area contributed by atoms with Crippen LogP contribution in [0.1, 0.15) is 30.6 Å². The second-order valence-corrected chi connectivity index (χ2v) is 13.5. The number of hydrogen-bond acceptors (Lipinski definition) is 9. The topological polar surface area (TPSA) is 129 Å². The normalized spacial score (nSPS) is 21.3. The molecule has 1 aromatic carbocycles. The number of ether oxygens (including phenoxy) is 2. The minimum absolute atomic E-state index is 0.0659. The minimum atomic E-state index is -3.70. The zero-order chi connectivity index (χ0) is 28.9. The van der Waals surface area contributed by atoms with Crippen molar-refractivity contribution in [2.45, 2.75) is 36.6 Å². The van der Waals surface area contributed by atoms with E-state index in [0.29, 0.717) is 37.6 Å². The summed E-state index contributed by atoms with van der Waals surface area (Å²) in [5.41, 5.74) is 0.703. The number of benzene rings is 1. The van der Waals surface area contributed by atoms with Crippen molar-refractivity contribution in [3.8, 4) is 5.75 Å². The van der Waals surface area contributed by atoms with Gasteiger partial charge in [0.1, 0.15) is 16.1 Å². The number of nitrogens with zero attached hydrogens (tertiary/aromatic N) is 3. The molecule has 0 bridgehead atoms. The van der Waals surface area contributed by atoms with Crippen LogP contribution in [0, 0.1) is 5.92 Å². The third kappa shape index (κ3) is 7.20. The highest BCUT2D eigenvalue weighted by atomic mass is 32.2. The Bertz CT molecular complexity index is 1270. The molecule has 0 radical (unpaired) electrons. The van der Waals surface area contributed by atoms with Crippen molar-refractivity contribution in [1.82, 2.24) is 14.1 Å². The van der Waals surface area contributed by atoms with E-state index in [1.54, 1.807) is 47.5 Å². The molecule has 2 aliphatic heterocycles. The van der Waals surface area contributed by atoms with E-state index in [-0.39, 0.29) is 47.2 Å². The molecule has 220 valence electrons. The van der Waals surface area contributed by atoms with Gasteiger partial charge in [0.2, 0.25) is 5.91 Å². The molecule has 2 amide bonds. The SMILES string of the molecule is C[C@@H]1CN([C@@H](C)CO)C(=O)c2cc(NC(=O)CCN3CCOCC3)ccc2O[C@@H]1CN(C)S(=O)(=O)c1cccs1. The molecule has 4 rings (SSSR count). The van der Waals surface area contributed by atoms with E-state index >= 15 is 0 Å². The van der Waals surface area contributed by atoms with E-state index in [1.165, 1.54) is 11.4 Å². The maximum absolute atomic E-state index is 13.6. The standard InChI is InChI=1S/C27H38N4O7S2/c1-19-16-31(20(2)18-32)27(34)22-15-21(28-25(33)8-9-30-10-12-37-13-11-30)6-7-23(22)38-24(19)17-29(3)40(35,36)26-5-4-14-39-26/h4-7,14-15,19-20,24,32H,8-13,16-18H2,1-3H3,(H,28,33)/t19-,20+,24-/m1/s1. The number of aliphatic hydroxyl groups excluding tert-OH is 1. The number of carbonyl (C=O) groups is 2. The molecule has 40 heavy (non-hydrogen) atoms. The Hall–Kier alpha value is -2.55. The summed E-state index contributed by atoms with van der Waals surface area (Å²) in [5, 5.41) is 14.5. The third-order valence-corrected chi connectivity index (χ3v) is 10.5. The quantitative estimate of drug-likeness (QED) is 0.427. The first-order chi connectivity index (χ1) is 19.1. The zero-order valence-electron chi connectivity index (χ0n) is 23.1. The van der Waals surface area contributed by atoms with Gasteiger partial charge in [0.25, 0.3) is 15.9 Å². The molecular formula is C27H38N4O7S2. The second-order valence-electron chi connectivity index (χ2n) is 10.3. The predicted octanol–water partition coefficient (Wildman–Crippen LogP) is 1.95. The van der Waals surface area contributed by atoms with Crippen molar-refractivity contribution in [2.75, 3.05) is 64.9 Å². The molecule has 1 fully saturated rings. The molecule has 3 atom stereocenters. The first-order valence-corrected chi connectivity index (χ1v) is 15.7. The molecule has 0 unspecified atom stereocenters. The number of nitrogens with one attached hydrogen (secondary N) is 1. The van der Waals surface area contributed by atoms with Gasteiger partial charge in [-0.2, -0.15) is 4.31 Å². The number of thiophene rings is 1. The van der Waals surface area contributed by atoms with E-state index in [2.05, 4.69) is 10.2 Å². The monoisotopic (exact) mass is 594 g/mol. The van der Waals surface area contributed by atoms with Crippen molar-refractivity contribution in [3.05, 3.63) is 41.3 Å². The van der Waals surface area contributed by atoms with E-state index < -0.39 is 22.2 Å². The van der Waals surface area contributed by atoms with Gasteiger partial charge in [0, 0.05) is 51.3 Å². The van der Waals surface area contributed by atoms with Crippen molar-refractivity contribution in [3.63, 3.8) is 0 Å². The molecule has 13 heteroatoms. The summed E-state index contributed by atoms with van der Waals surface area (Å²) >= 11 is 1.15. The van der Waals surface area contributed by atoms with Gasteiger partial charge in [-0.05, 0) is 36.6 Å². The molecule has 0 aliphatic carbocycles. The molecule has 2 N–H and O–H groups in total. The largest absolute Gasteiger partial charge is 0.488 e. The van der Waals surface area contributed by atoms with Crippen LogP contribution < -0.4 is 10.1 Å². The molecular weight excluding hydrogens is 556 g/mol. The van der Waals surface area contributed by atoms with Gasteiger partial charge in [-0.25, -0.2) is 8.42 Å². The van der Waals surface area contributed by atoms with Crippen molar-refractivity contribution >= 4 is 38.9 Å². The average Bonchev–Trinajstić information content (AvgIpc) is 3.50. The Balaban J connectivity index is 1.55. The fourth-order valence-electron chi connectivity index (χ4n) is 4.74. The maximum atomic E-state index is 13.6. The highest BCUT2D eigenvalue weighted by Gasteiger charge is 2.35. The van der Waals surface area contributed by atoms with Gasteiger partial charge in [-0.3, -0.25) is 14.5 Å². The van der Waals surface area contributed by atoms with Crippen molar-refractivity contribution in [1.29, 1.82) is 0 Å². The summed E-state index contributed by atoms with van der Waals surface area (Å²) in [6.45, 7) is 7.26. The lowest BCUT2D eigenvalue weighted by Crippen LogP contribution is -2.50. The number of fused-ring (bicyclic) bond motifs is 1. The van der Waals surface area contributed by atoms with Gasteiger partial charge < -0.3 is 24.8 Å². The van der Waals surface area contributed by atoms with Gasteiger partial charge in [-0.1, -0.05) is 13.0 Å². The van der Waals surface area contributed by atoms with Crippen LogP contribution in [0.3, 0.4) is 0 Å². The number of hydrogen-bond donors (Lipinski definition) is 2. The first-order valence-electron chi connectivity index (χ1n) is 13.4. The molecule has 11 nitrogen and oxygen atoms in total. The number of anilines is 1. The van der Waals surface area contributed by atoms with Crippen LogP contribution in [-0.4, -0.2) is 111 Å². The lowest BCUT2D eigenvalue weighted by Gasteiger charge is -2.38. The van der Waals surface area contributed by atoms with Gasteiger partial charge in [0.05, 0.1) is 38.0 Å². The smallest absolute Gasteiger partial charge is 0.258 e. The molecule has 1 aromatic heterocycles. The summed E-state index contributed by atoms with van der Waals surface area (Å²) in [6, 6.07) is 7.67. The number of likely N-dealkylation sites (N-methyl/N-ethyl adjacent to an activating group) is 1. The van der Waals surface area contributed by atoms with Crippen molar-refractivity contribution in [2.24, 2.45) is 5.92 Å². The van der Waals surface area contributed by atoms with Crippen LogP contribution in [0.4, 0.5) is 5.69 Å². The fraction of sp³-hybridized carbons (Fsp3) is 0.556. The first kappa shape index (κ1) is 30.4. The lowest BCUT2D eigenvalue weighted by atomic mass is 9.99. The predicted molar refractivity (Wildman–Crippen MR) is 152 cm³/mol. The van der Waals surface area contributed by atoms with Crippen LogP contribution in [0.15, 0.2) is 39.9 Å². The lowest BCUT2D eigenvalue weighted by molar-refractivity contribution is -0.116. The number of sulfonamides is 1. The fourth-order valence-corrected chi connectivity index (χ4v) is 7.13. The second kappa shape index (κ2) is 13.4.